The molecule has 15 heavy (non-hydrogen) atoms. The van der Waals surface area contributed by atoms with Gasteiger partial charge in [0.05, 0.1) is 8.66 Å². The second kappa shape index (κ2) is 4.42. The lowest BCUT2D eigenvalue weighted by atomic mass is 10.3. The van der Waals surface area contributed by atoms with E-state index >= 15 is 0 Å². The van der Waals surface area contributed by atoms with E-state index in [1.165, 1.54) is 5.56 Å². The normalized spacial score (nSPS) is 10.9. The minimum atomic E-state index is 0.534. The van der Waals surface area contributed by atoms with Crippen LogP contribution in [0.1, 0.15) is 11.4 Å². The number of halogens is 1. The number of aryl methyl sites for hydroxylation is 1. The van der Waals surface area contributed by atoms with Gasteiger partial charge in [-0.15, -0.1) is 11.3 Å². The van der Waals surface area contributed by atoms with Gasteiger partial charge in [0, 0.05) is 6.42 Å². The van der Waals surface area contributed by atoms with Crippen molar-refractivity contribution in [1.82, 2.24) is 10.1 Å². The summed E-state index contributed by atoms with van der Waals surface area (Å²) in [5, 5.41) is 3.85. The van der Waals surface area contributed by atoms with Crippen LogP contribution in [0.5, 0.6) is 0 Å². The zero-order valence-electron chi connectivity index (χ0n) is 8.16. The Morgan fingerprint density at radius 3 is 3.00 bits per heavy atom. The van der Waals surface area contributed by atoms with Crippen LogP contribution in [0, 0.1) is 6.92 Å². The second-order valence-corrected chi connectivity index (χ2v) is 5.49. The molecule has 0 radical (unpaired) electrons. The zero-order chi connectivity index (χ0) is 10.8. The van der Waals surface area contributed by atoms with Crippen LogP contribution < -0.4 is 5.73 Å². The number of aromatic nitrogens is 2. The number of nitrogens with zero attached hydrogens (tertiary/aromatic N) is 2. The molecular weight excluding hydrogens is 278 g/mol. The first-order chi connectivity index (χ1) is 7.20. The van der Waals surface area contributed by atoms with Crippen molar-refractivity contribution in [3.05, 3.63) is 21.2 Å². The van der Waals surface area contributed by atoms with Crippen LogP contribution in [0.25, 0.3) is 10.8 Å². The number of thiophene rings is 1. The molecule has 6 heteroatoms. The topological polar surface area (TPSA) is 64.9 Å². The van der Waals surface area contributed by atoms with E-state index in [-0.39, 0.29) is 0 Å². The smallest absolute Gasteiger partial charge is 0.268 e. The first kappa shape index (κ1) is 10.8. The fourth-order valence-electron chi connectivity index (χ4n) is 1.15. The summed E-state index contributed by atoms with van der Waals surface area (Å²) in [6.45, 7) is 2.56. The minimum Gasteiger partial charge on any atom is -0.333 e. The van der Waals surface area contributed by atoms with Crippen LogP contribution in [0.15, 0.2) is 14.4 Å². The molecule has 0 aliphatic carbocycles. The molecule has 0 atom stereocenters. The molecule has 2 heterocycles. The van der Waals surface area contributed by atoms with Crippen LogP contribution in [0.3, 0.4) is 0 Å². The second-order valence-electron chi connectivity index (χ2n) is 3.12. The summed E-state index contributed by atoms with van der Waals surface area (Å²) in [6.07, 6.45) is 0.648. The van der Waals surface area contributed by atoms with E-state index in [4.69, 9.17) is 10.3 Å². The molecule has 2 aromatic rings. The predicted octanol–water partition coefficient (Wildman–Crippen LogP) is 2.37. The third-order valence-electron chi connectivity index (χ3n) is 1.90. The van der Waals surface area contributed by atoms with Gasteiger partial charge in [0.2, 0.25) is 0 Å². The Labute approximate surface area is 99.6 Å². The lowest BCUT2D eigenvalue weighted by Crippen LogP contribution is -2.03. The maximum absolute atomic E-state index is 5.41. The quantitative estimate of drug-likeness (QED) is 0.941. The Hall–Kier alpha value is -0.720. The van der Waals surface area contributed by atoms with E-state index in [0.29, 0.717) is 24.7 Å². The molecule has 0 amide bonds. The highest BCUT2D eigenvalue weighted by Crippen LogP contribution is 2.33. The van der Waals surface area contributed by atoms with E-state index in [2.05, 4.69) is 26.1 Å². The van der Waals surface area contributed by atoms with Gasteiger partial charge in [-0.3, -0.25) is 0 Å². The van der Waals surface area contributed by atoms with Gasteiger partial charge in [0.1, 0.15) is 0 Å². The molecule has 0 saturated heterocycles. The number of rotatable bonds is 3. The first-order valence-corrected chi connectivity index (χ1v) is 6.10. The van der Waals surface area contributed by atoms with E-state index in [9.17, 15) is 0 Å². The lowest BCUT2D eigenvalue weighted by molar-refractivity contribution is 0.423. The van der Waals surface area contributed by atoms with E-state index in [1.54, 1.807) is 11.3 Å². The standard InChI is InChI=1S/C9H10BrN3OS/c1-5-4-6(15-8(5)10)9-12-7(2-3-11)13-14-9/h4H,2-3,11H2,1H3. The summed E-state index contributed by atoms with van der Waals surface area (Å²) < 4.78 is 6.24. The molecule has 0 saturated carbocycles. The van der Waals surface area contributed by atoms with Gasteiger partial charge in [-0.2, -0.15) is 4.98 Å². The molecule has 2 N–H and O–H groups in total. The average Bonchev–Trinajstić information content (AvgIpc) is 2.76. The number of hydrogen-bond donors (Lipinski definition) is 1. The van der Waals surface area contributed by atoms with Crippen LogP contribution >= 0.6 is 27.3 Å². The van der Waals surface area contributed by atoms with Crippen LogP contribution in [-0.2, 0) is 6.42 Å². The van der Waals surface area contributed by atoms with Gasteiger partial charge in [-0.1, -0.05) is 5.16 Å². The monoisotopic (exact) mass is 287 g/mol. The molecule has 0 unspecified atom stereocenters. The average molecular weight is 288 g/mol. The van der Waals surface area contributed by atoms with Gasteiger partial charge in [0.15, 0.2) is 5.82 Å². The SMILES string of the molecule is Cc1cc(-c2nc(CCN)no2)sc1Br. The van der Waals surface area contributed by atoms with Crippen molar-refractivity contribution in [3.8, 4) is 10.8 Å². The molecule has 0 aliphatic rings. The maximum Gasteiger partial charge on any atom is 0.268 e. The Morgan fingerprint density at radius 2 is 2.40 bits per heavy atom. The summed E-state index contributed by atoms with van der Waals surface area (Å²) in [5.74, 6) is 1.23. The van der Waals surface area contributed by atoms with Crippen LogP contribution in [0.4, 0.5) is 0 Å². The number of hydrogen-bond acceptors (Lipinski definition) is 5. The third kappa shape index (κ3) is 2.27. The summed E-state index contributed by atoms with van der Waals surface area (Å²) in [6, 6.07) is 2.02. The van der Waals surface area contributed by atoms with Crippen molar-refractivity contribution in [3.63, 3.8) is 0 Å². The fraction of sp³-hybridized carbons (Fsp3) is 0.333. The molecule has 0 bridgehead atoms. The Kier molecular flexibility index (Phi) is 3.18. The summed E-state index contributed by atoms with van der Waals surface area (Å²) in [5.41, 5.74) is 6.58. The summed E-state index contributed by atoms with van der Waals surface area (Å²) in [7, 11) is 0. The molecule has 0 spiro atoms. The molecule has 0 fully saturated rings. The van der Waals surface area contributed by atoms with Gasteiger partial charge in [0.25, 0.3) is 5.89 Å². The van der Waals surface area contributed by atoms with Crippen molar-refractivity contribution in [2.75, 3.05) is 6.54 Å². The largest absolute Gasteiger partial charge is 0.333 e. The van der Waals surface area contributed by atoms with Gasteiger partial charge in [-0.25, -0.2) is 0 Å². The van der Waals surface area contributed by atoms with Crippen molar-refractivity contribution in [1.29, 1.82) is 0 Å². The van der Waals surface area contributed by atoms with Crippen LogP contribution in [-0.4, -0.2) is 16.7 Å². The van der Waals surface area contributed by atoms with Gasteiger partial charge in [-0.05, 0) is 41.0 Å². The highest BCUT2D eigenvalue weighted by molar-refractivity contribution is 9.11. The lowest BCUT2D eigenvalue weighted by Gasteiger charge is -1.84. The third-order valence-corrected chi connectivity index (χ3v) is 4.03. The first-order valence-electron chi connectivity index (χ1n) is 4.49. The molecule has 0 aromatic carbocycles. The molecule has 4 nitrogen and oxygen atoms in total. The highest BCUT2D eigenvalue weighted by atomic mass is 79.9. The number of nitrogens with two attached hydrogens (primary N) is 1. The van der Waals surface area contributed by atoms with Gasteiger partial charge < -0.3 is 10.3 Å². The Morgan fingerprint density at radius 1 is 1.60 bits per heavy atom. The molecule has 2 aromatic heterocycles. The van der Waals surface area contributed by atoms with Crippen molar-refractivity contribution >= 4 is 27.3 Å². The highest BCUT2D eigenvalue weighted by Gasteiger charge is 2.12. The molecular formula is C9H10BrN3OS. The Balaban J connectivity index is 2.28. The maximum atomic E-state index is 5.41. The summed E-state index contributed by atoms with van der Waals surface area (Å²) >= 11 is 5.05. The molecule has 0 aliphatic heterocycles. The van der Waals surface area contributed by atoms with Crippen molar-refractivity contribution in [2.45, 2.75) is 13.3 Å². The summed E-state index contributed by atoms with van der Waals surface area (Å²) in [4.78, 5) is 5.24. The zero-order valence-corrected chi connectivity index (χ0v) is 10.6. The fourth-order valence-corrected chi connectivity index (χ4v) is 2.61. The van der Waals surface area contributed by atoms with E-state index < -0.39 is 0 Å². The molecule has 80 valence electrons. The van der Waals surface area contributed by atoms with Crippen molar-refractivity contribution in [2.24, 2.45) is 5.73 Å². The van der Waals surface area contributed by atoms with Crippen LogP contribution in [0.2, 0.25) is 0 Å². The Bertz CT molecular complexity index is 446. The van der Waals surface area contributed by atoms with Gasteiger partial charge >= 0.3 is 0 Å². The predicted molar refractivity (Wildman–Crippen MR) is 62.8 cm³/mol. The van der Waals surface area contributed by atoms with Crippen molar-refractivity contribution < 1.29 is 4.52 Å². The molecule has 2 rings (SSSR count). The van der Waals surface area contributed by atoms with E-state index in [0.717, 1.165) is 8.66 Å². The minimum absolute atomic E-state index is 0.534. The van der Waals surface area contributed by atoms with E-state index in [1.807, 2.05) is 13.0 Å².